The number of alkyl halides is 1. The van der Waals surface area contributed by atoms with Crippen molar-refractivity contribution in [1.29, 1.82) is 0 Å². The first kappa shape index (κ1) is 78.8. The number of rotatable bonds is 23. The summed E-state index contributed by atoms with van der Waals surface area (Å²) < 4.78 is 110. The lowest BCUT2D eigenvalue weighted by molar-refractivity contribution is -0.132. The number of fused-ring (bicyclic) bond motifs is 3. The topological polar surface area (TPSA) is 270 Å². The highest BCUT2D eigenvalue weighted by atomic mass is 35.5. The van der Waals surface area contributed by atoms with Gasteiger partial charge in [0.05, 0.1) is 69.4 Å². The van der Waals surface area contributed by atoms with E-state index in [1.165, 1.54) is 85.3 Å². The van der Waals surface area contributed by atoms with Gasteiger partial charge in [0.1, 0.15) is 96.2 Å². The Morgan fingerprint density at radius 1 is 0.505 bits per heavy atom. The van der Waals surface area contributed by atoms with Crippen LogP contribution in [0.2, 0.25) is 15.1 Å². The molecule has 0 spiro atoms. The van der Waals surface area contributed by atoms with Gasteiger partial charge in [-0.15, -0.1) is 0 Å². The number of benzene rings is 6. The number of nitrogens with zero attached hydrogens (tertiary/aromatic N) is 10. The Morgan fingerprint density at radius 3 is 1.23 bits per heavy atom. The fourth-order valence-corrected chi connectivity index (χ4v) is 12.4. The van der Waals surface area contributed by atoms with Crippen LogP contribution in [0.5, 0.6) is 17.2 Å². The first-order valence-electron chi connectivity index (χ1n) is 33.2. The van der Waals surface area contributed by atoms with Gasteiger partial charge in [0.15, 0.2) is 23.8 Å². The molecule has 5 N–H and O–H groups in total. The predicted molar refractivity (Wildman–Crippen MR) is 390 cm³/mol. The van der Waals surface area contributed by atoms with Crippen molar-refractivity contribution in [3.63, 3.8) is 0 Å². The first-order chi connectivity index (χ1) is 50.9. The quantitative estimate of drug-likeness (QED) is 0.0373. The van der Waals surface area contributed by atoms with Crippen molar-refractivity contribution in [3.05, 3.63) is 235 Å². The summed E-state index contributed by atoms with van der Waals surface area (Å²) in [5, 5.41) is 41.8. The van der Waals surface area contributed by atoms with E-state index in [1.807, 2.05) is 44.3 Å². The summed E-state index contributed by atoms with van der Waals surface area (Å²) in [5.41, 5.74) is 8.65. The number of carbonyl (C=O) groups is 3. The van der Waals surface area contributed by atoms with E-state index < -0.39 is 90.1 Å². The summed E-state index contributed by atoms with van der Waals surface area (Å²) in [4.78, 5) is 54.3. The van der Waals surface area contributed by atoms with Crippen LogP contribution in [-0.2, 0) is 46.0 Å². The van der Waals surface area contributed by atoms with E-state index in [0.29, 0.717) is 107 Å². The zero-order valence-electron chi connectivity index (χ0n) is 59.2. The van der Waals surface area contributed by atoms with E-state index in [1.54, 1.807) is 81.8 Å². The lowest BCUT2D eigenvalue weighted by atomic mass is 10.0. The molecule has 1 unspecified atom stereocenters. The van der Waals surface area contributed by atoms with E-state index in [0.717, 1.165) is 29.0 Å². The molecule has 0 bridgehead atoms. The third-order valence-electron chi connectivity index (χ3n) is 16.7. The van der Waals surface area contributed by atoms with Gasteiger partial charge in [-0.25, -0.2) is 60.3 Å². The molecule has 0 aliphatic rings. The Balaban J connectivity index is 0.000000172. The van der Waals surface area contributed by atoms with Crippen molar-refractivity contribution in [2.45, 2.75) is 119 Å². The van der Waals surface area contributed by atoms with E-state index in [4.69, 9.17) is 53.8 Å². The minimum atomic E-state index is -1.58. The third kappa shape index (κ3) is 19.3. The van der Waals surface area contributed by atoms with E-state index in [9.17, 15) is 50.9 Å². The summed E-state index contributed by atoms with van der Waals surface area (Å²) in [6.07, 6.45) is 2.26. The molecule has 6 aromatic heterocycles. The fraction of sp³-hybridized carbons (Fsp3) is 0.263. The molecule has 558 valence electrons. The van der Waals surface area contributed by atoms with Crippen molar-refractivity contribution < 1.29 is 69.9 Å². The van der Waals surface area contributed by atoms with Crippen molar-refractivity contribution >= 4 is 85.2 Å². The standard InChI is InChI=1S/C26H26ClF2N5O3.2C25H23ClF2N4O3/c1-14-8-20(26-30-13-31-34(26)4)18-6-5-7-23(25(18)32-14)37-11-21-19(9-17(29)10-22(21)27)15(2)33-24(35)12-36-16(3)28;2*1-13-7-22(32-11-17(28)10-29-32)18-5-4-6-23(24(18)30-13)35-12-20-19(8-16(27)9-21(20)26)14(2)31-25(34)15(3)33/h5-10,13,15-16H,11-12H2,1-4H3,(H,33,35);2*4-11,14-15,33H,12H2,1-3H3,(H,31,34)/t15-,16?;14-,15+;14-,15-/m000/s1. The van der Waals surface area contributed by atoms with Crippen molar-refractivity contribution in [2.75, 3.05) is 6.61 Å². The Hall–Kier alpha value is -10.8. The van der Waals surface area contributed by atoms with Gasteiger partial charge in [0.25, 0.3) is 0 Å². The molecule has 0 saturated carbocycles. The zero-order chi connectivity index (χ0) is 77.2. The molecule has 0 fully saturated rings. The number of carbonyl (C=O) groups excluding carboxylic acids is 3. The SMILES string of the molecule is Cc1cc(-c2ncnn2C)c2cccc(OCc3c(Cl)cc(F)cc3[C@H](C)NC(=O)COC(C)F)c2n1.Cc1cc(-n2cc(F)cn2)c2cccc(OCc3c(Cl)cc(F)cc3[C@H](C)NC(=O)[C@@H](C)O)c2n1.Cc1cc(-n2cc(F)cn2)c2cccc(OCc3c(Cl)cc(F)cc3[C@H](C)NC(=O)[C@H](C)O)c2n1. The number of pyridine rings is 3. The van der Waals surface area contributed by atoms with Crippen molar-refractivity contribution in [2.24, 2.45) is 7.05 Å². The molecule has 0 aliphatic carbocycles. The molecular weight excluding hydrogens is 1460 g/mol. The van der Waals surface area contributed by atoms with Gasteiger partial charge in [-0.05, 0) is 152 Å². The lowest BCUT2D eigenvalue weighted by Gasteiger charge is -2.21. The zero-order valence-corrected chi connectivity index (χ0v) is 61.5. The molecule has 12 rings (SSSR count). The number of nitrogens with one attached hydrogen (secondary N) is 3. The van der Waals surface area contributed by atoms with Gasteiger partial charge in [-0.3, -0.25) is 14.4 Å². The molecular formula is C76H72Cl3F6N13O9. The molecule has 0 aliphatic heterocycles. The van der Waals surface area contributed by atoms with Crippen LogP contribution in [0.25, 0.3) is 55.5 Å². The predicted octanol–water partition coefficient (Wildman–Crippen LogP) is 14.8. The second kappa shape index (κ2) is 34.7. The maximum atomic E-state index is 14.3. The molecule has 6 aromatic carbocycles. The largest absolute Gasteiger partial charge is 0.487 e. The summed E-state index contributed by atoms with van der Waals surface area (Å²) >= 11 is 19.1. The summed E-state index contributed by atoms with van der Waals surface area (Å²) in [6, 6.07) is 27.2. The Labute approximate surface area is 624 Å². The number of amides is 3. The number of hydrogen-bond donors (Lipinski definition) is 5. The number of aliphatic hydroxyl groups is 2. The second-order valence-corrected chi connectivity index (χ2v) is 26.2. The minimum absolute atomic E-state index is 0.0132. The van der Waals surface area contributed by atoms with Gasteiger partial charge >= 0.3 is 0 Å². The molecule has 3 amide bonds. The number of halogens is 9. The molecule has 0 saturated heterocycles. The van der Waals surface area contributed by atoms with Crippen molar-refractivity contribution in [3.8, 4) is 40.0 Å². The fourth-order valence-electron chi connectivity index (χ4n) is 11.6. The second-order valence-electron chi connectivity index (χ2n) is 24.9. The van der Waals surface area contributed by atoms with Gasteiger partial charge in [-0.2, -0.15) is 15.3 Å². The third-order valence-corrected chi connectivity index (χ3v) is 17.7. The molecule has 0 radical (unpaired) electrons. The molecule has 22 nitrogen and oxygen atoms in total. The van der Waals surface area contributed by atoms with Gasteiger partial charge in [0.2, 0.25) is 17.7 Å². The Kier molecular flexibility index (Phi) is 25.5. The average Bonchev–Trinajstić information content (AvgIpc) is 1.78. The number of ether oxygens (including phenoxy) is 4. The van der Waals surface area contributed by atoms with E-state index in [2.05, 4.69) is 51.2 Å². The van der Waals surface area contributed by atoms with Crippen LogP contribution in [-0.4, -0.2) is 102 Å². The van der Waals surface area contributed by atoms with Crippen LogP contribution in [0, 0.1) is 49.9 Å². The molecule has 6 heterocycles. The van der Waals surface area contributed by atoms with Gasteiger partial charge in [-0.1, -0.05) is 71.2 Å². The van der Waals surface area contributed by atoms with Crippen LogP contribution < -0.4 is 30.2 Å². The van der Waals surface area contributed by atoms with Gasteiger partial charge in [0, 0.05) is 62.5 Å². The number of aryl methyl sites for hydroxylation is 4. The molecule has 6 atom stereocenters. The maximum Gasteiger partial charge on any atom is 0.249 e. The lowest BCUT2D eigenvalue weighted by Crippen LogP contribution is -2.35. The highest BCUT2D eigenvalue weighted by molar-refractivity contribution is 6.32. The number of para-hydroxylation sites is 3. The van der Waals surface area contributed by atoms with Crippen molar-refractivity contribution in [1.82, 2.24) is 65.2 Å². The minimum Gasteiger partial charge on any atom is -0.487 e. The normalized spacial score (nSPS) is 13.0. The number of hydrogen-bond acceptors (Lipinski definition) is 16. The summed E-state index contributed by atoms with van der Waals surface area (Å²) in [6.45, 7) is 13.8. The highest BCUT2D eigenvalue weighted by Gasteiger charge is 2.26. The number of aromatic nitrogens is 10. The summed E-state index contributed by atoms with van der Waals surface area (Å²) in [5.74, 6) is -2.29. The van der Waals surface area contributed by atoms with E-state index in [-0.39, 0.29) is 34.9 Å². The molecule has 12 aromatic rings. The van der Waals surface area contributed by atoms with Crippen LogP contribution >= 0.6 is 34.8 Å². The van der Waals surface area contributed by atoms with Crippen LogP contribution in [0.3, 0.4) is 0 Å². The first-order valence-corrected chi connectivity index (χ1v) is 34.3. The Bertz CT molecular complexity index is 5060. The average molecular weight is 1530 g/mol. The summed E-state index contributed by atoms with van der Waals surface area (Å²) in [7, 11) is 1.81. The number of aliphatic hydroxyl groups excluding tert-OH is 2. The van der Waals surface area contributed by atoms with Crippen LogP contribution in [0.4, 0.5) is 26.3 Å². The highest BCUT2D eigenvalue weighted by Crippen LogP contribution is 2.38. The Morgan fingerprint density at radius 2 is 0.879 bits per heavy atom. The smallest absolute Gasteiger partial charge is 0.249 e. The maximum absolute atomic E-state index is 14.3. The molecule has 107 heavy (non-hydrogen) atoms. The monoisotopic (exact) mass is 1530 g/mol. The van der Waals surface area contributed by atoms with Crippen LogP contribution in [0.15, 0.2) is 140 Å². The molecule has 31 heteroatoms. The van der Waals surface area contributed by atoms with E-state index >= 15 is 0 Å². The van der Waals surface area contributed by atoms with Crippen LogP contribution in [0.1, 0.15) is 110 Å². The van der Waals surface area contributed by atoms with Gasteiger partial charge < -0.3 is 45.1 Å².